The van der Waals surface area contributed by atoms with Crippen molar-refractivity contribution in [1.29, 1.82) is 0 Å². The zero-order chi connectivity index (χ0) is 15.3. The lowest BCUT2D eigenvalue weighted by Crippen LogP contribution is -2.43. The fourth-order valence-corrected chi connectivity index (χ4v) is 3.50. The number of hydrogen-bond donors (Lipinski definition) is 1. The van der Waals surface area contributed by atoms with Crippen LogP contribution in [-0.2, 0) is 0 Å². The normalized spacial score (nSPS) is 22.6. The molecule has 1 aliphatic rings. The molecule has 1 N–H and O–H groups in total. The summed E-state index contributed by atoms with van der Waals surface area (Å²) in [7, 11) is 0. The molecule has 6 heteroatoms. The lowest BCUT2D eigenvalue weighted by Gasteiger charge is -2.35. The Morgan fingerprint density at radius 3 is 2.95 bits per heavy atom. The maximum Gasteiger partial charge on any atom is 0.155 e. The number of halogens is 1. The van der Waals surface area contributed by atoms with Crippen molar-refractivity contribution < 1.29 is 5.11 Å². The molecule has 0 bridgehead atoms. The van der Waals surface area contributed by atoms with E-state index in [0.717, 1.165) is 35.3 Å². The fourth-order valence-electron chi connectivity index (χ4n) is 3.33. The van der Waals surface area contributed by atoms with Gasteiger partial charge in [0.15, 0.2) is 5.82 Å². The standard InChI is InChI=1S/C16H17ClN4O/c1-10-4-12(22)8-20(7-10)16-15-6-18-9-21(15)14-5-11(17)2-3-13(14)19-16/h2-3,5-6,9-10,12,22H,4,7-8H2,1H3/t10-,12-/m1/s1. The van der Waals surface area contributed by atoms with Crippen LogP contribution in [-0.4, -0.2) is 38.7 Å². The van der Waals surface area contributed by atoms with E-state index < -0.39 is 0 Å². The molecule has 0 aliphatic carbocycles. The van der Waals surface area contributed by atoms with Crippen molar-refractivity contribution >= 4 is 34.0 Å². The van der Waals surface area contributed by atoms with Gasteiger partial charge in [-0.25, -0.2) is 9.97 Å². The zero-order valence-electron chi connectivity index (χ0n) is 12.3. The summed E-state index contributed by atoms with van der Waals surface area (Å²) in [6, 6.07) is 5.66. The second-order valence-corrected chi connectivity index (χ2v) is 6.55. The summed E-state index contributed by atoms with van der Waals surface area (Å²) in [4.78, 5) is 11.2. The topological polar surface area (TPSA) is 53.7 Å². The summed E-state index contributed by atoms with van der Waals surface area (Å²) < 4.78 is 2.01. The SMILES string of the molecule is C[C@@H]1C[C@@H](O)CN(c2nc3ccc(Cl)cc3n3cncc23)C1. The first kappa shape index (κ1) is 13.8. The maximum atomic E-state index is 10.1. The van der Waals surface area contributed by atoms with Gasteiger partial charge in [0.2, 0.25) is 0 Å². The van der Waals surface area contributed by atoms with E-state index in [1.807, 2.05) is 28.8 Å². The molecule has 114 valence electrons. The molecule has 1 fully saturated rings. The van der Waals surface area contributed by atoms with Gasteiger partial charge in [-0.2, -0.15) is 0 Å². The minimum absolute atomic E-state index is 0.311. The molecule has 1 saturated heterocycles. The van der Waals surface area contributed by atoms with Crippen molar-refractivity contribution in [3.8, 4) is 0 Å². The quantitative estimate of drug-likeness (QED) is 0.750. The van der Waals surface area contributed by atoms with E-state index in [4.69, 9.17) is 16.6 Å². The van der Waals surface area contributed by atoms with Crippen LogP contribution in [0.2, 0.25) is 5.02 Å². The van der Waals surface area contributed by atoms with E-state index in [1.54, 1.807) is 6.33 Å². The monoisotopic (exact) mass is 316 g/mol. The fraction of sp³-hybridized carbons (Fsp3) is 0.375. The summed E-state index contributed by atoms with van der Waals surface area (Å²) in [6.45, 7) is 3.66. The van der Waals surface area contributed by atoms with Crippen LogP contribution in [0.5, 0.6) is 0 Å². The maximum absolute atomic E-state index is 10.1. The summed E-state index contributed by atoms with van der Waals surface area (Å²) in [5.74, 6) is 1.31. The lowest BCUT2D eigenvalue weighted by molar-refractivity contribution is 0.132. The molecule has 3 aromatic rings. The Morgan fingerprint density at radius 2 is 2.14 bits per heavy atom. The van der Waals surface area contributed by atoms with Crippen molar-refractivity contribution in [2.45, 2.75) is 19.4 Å². The molecule has 3 heterocycles. The first-order valence-electron chi connectivity index (χ1n) is 7.46. The van der Waals surface area contributed by atoms with Gasteiger partial charge in [-0.1, -0.05) is 18.5 Å². The van der Waals surface area contributed by atoms with Crippen LogP contribution in [0.3, 0.4) is 0 Å². The number of benzene rings is 1. The first-order valence-corrected chi connectivity index (χ1v) is 7.84. The van der Waals surface area contributed by atoms with E-state index in [9.17, 15) is 5.11 Å². The number of aliphatic hydroxyl groups excluding tert-OH is 1. The molecule has 0 radical (unpaired) electrons. The number of nitrogens with zero attached hydrogens (tertiary/aromatic N) is 4. The molecule has 22 heavy (non-hydrogen) atoms. The van der Waals surface area contributed by atoms with Crippen molar-refractivity contribution in [3.63, 3.8) is 0 Å². The summed E-state index contributed by atoms with van der Waals surface area (Å²) in [6.07, 6.45) is 4.13. The van der Waals surface area contributed by atoms with Crippen LogP contribution in [0.4, 0.5) is 5.82 Å². The van der Waals surface area contributed by atoms with Crippen molar-refractivity contribution in [3.05, 3.63) is 35.7 Å². The number of fused-ring (bicyclic) bond motifs is 3. The third-order valence-corrected chi connectivity index (χ3v) is 4.46. The van der Waals surface area contributed by atoms with Gasteiger partial charge in [-0.05, 0) is 30.5 Å². The first-order chi connectivity index (χ1) is 10.6. The van der Waals surface area contributed by atoms with Crippen LogP contribution < -0.4 is 4.90 Å². The molecule has 0 spiro atoms. The number of anilines is 1. The Kier molecular flexibility index (Phi) is 3.20. The minimum Gasteiger partial charge on any atom is -0.391 e. The molecule has 2 atom stereocenters. The van der Waals surface area contributed by atoms with Gasteiger partial charge in [0.25, 0.3) is 0 Å². The summed E-state index contributed by atoms with van der Waals surface area (Å²) in [5.41, 5.74) is 2.75. The highest BCUT2D eigenvalue weighted by Crippen LogP contribution is 2.29. The van der Waals surface area contributed by atoms with E-state index in [1.165, 1.54) is 0 Å². The highest BCUT2D eigenvalue weighted by molar-refractivity contribution is 6.31. The molecule has 0 saturated carbocycles. The number of hydrogen-bond acceptors (Lipinski definition) is 4. The van der Waals surface area contributed by atoms with Crippen LogP contribution in [0, 0.1) is 5.92 Å². The number of aromatic nitrogens is 3. The number of imidazole rings is 1. The number of aliphatic hydroxyl groups is 1. The van der Waals surface area contributed by atoms with Gasteiger partial charge in [-0.15, -0.1) is 0 Å². The minimum atomic E-state index is -0.311. The summed E-state index contributed by atoms with van der Waals surface area (Å²) in [5, 5.41) is 10.8. The van der Waals surface area contributed by atoms with Gasteiger partial charge in [0, 0.05) is 18.1 Å². The third-order valence-electron chi connectivity index (χ3n) is 4.23. The molecule has 2 aromatic heterocycles. The van der Waals surface area contributed by atoms with E-state index in [0.29, 0.717) is 17.5 Å². The van der Waals surface area contributed by atoms with Gasteiger partial charge in [0.1, 0.15) is 5.52 Å². The molecule has 1 aliphatic heterocycles. The molecule has 1 aromatic carbocycles. The van der Waals surface area contributed by atoms with Gasteiger partial charge in [0.05, 0.1) is 29.7 Å². The number of β-amino-alcohol motifs (C(OH)–C–C–N with tert-alkyl or cyclic N) is 1. The highest BCUT2D eigenvalue weighted by atomic mass is 35.5. The van der Waals surface area contributed by atoms with E-state index >= 15 is 0 Å². The second-order valence-electron chi connectivity index (χ2n) is 6.12. The van der Waals surface area contributed by atoms with Crippen molar-refractivity contribution in [2.24, 2.45) is 5.92 Å². The Balaban J connectivity index is 1.92. The lowest BCUT2D eigenvalue weighted by atomic mass is 9.98. The van der Waals surface area contributed by atoms with Crippen LogP contribution in [0.1, 0.15) is 13.3 Å². The number of piperidine rings is 1. The van der Waals surface area contributed by atoms with Gasteiger partial charge >= 0.3 is 0 Å². The Labute approximate surface area is 133 Å². The van der Waals surface area contributed by atoms with Crippen LogP contribution >= 0.6 is 11.6 Å². The van der Waals surface area contributed by atoms with Crippen LogP contribution in [0.15, 0.2) is 30.7 Å². The molecule has 4 rings (SSSR count). The van der Waals surface area contributed by atoms with Crippen molar-refractivity contribution in [1.82, 2.24) is 14.4 Å². The summed E-state index contributed by atoms with van der Waals surface area (Å²) >= 11 is 6.11. The zero-order valence-corrected chi connectivity index (χ0v) is 13.0. The van der Waals surface area contributed by atoms with Gasteiger partial charge in [-0.3, -0.25) is 4.40 Å². The smallest absolute Gasteiger partial charge is 0.155 e. The molecule has 0 unspecified atom stereocenters. The van der Waals surface area contributed by atoms with E-state index in [2.05, 4.69) is 16.8 Å². The molecule has 0 amide bonds. The molecular weight excluding hydrogens is 300 g/mol. The van der Waals surface area contributed by atoms with Gasteiger partial charge < -0.3 is 10.0 Å². The largest absolute Gasteiger partial charge is 0.391 e. The second kappa shape index (κ2) is 5.11. The highest BCUT2D eigenvalue weighted by Gasteiger charge is 2.26. The third kappa shape index (κ3) is 2.21. The Morgan fingerprint density at radius 1 is 1.27 bits per heavy atom. The molecule has 5 nitrogen and oxygen atoms in total. The number of rotatable bonds is 1. The van der Waals surface area contributed by atoms with Crippen molar-refractivity contribution in [2.75, 3.05) is 18.0 Å². The average Bonchev–Trinajstić information content (AvgIpc) is 2.95. The predicted octanol–water partition coefficient (Wildman–Crippen LogP) is 2.74. The molecular formula is C16H17ClN4O. The predicted molar refractivity (Wildman–Crippen MR) is 87.5 cm³/mol. The van der Waals surface area contributed by atoms with E-state index in [-0.39, 0.29) is 6.10 Å². The Hall–Kier alpha value is -1.85. The average molecular weight is 317 g/mol. The van der Waals surface area contributed by atoms with Crippen LogP contribution in [0.25, 0.3) is 16.6 Å². The Bertz CT molecular complexity index is 837.